The number of aromatic carboxylic acids is 1. The molecule has 1 heterocycles. The van der Waals surface area contributed by atoms with E-state index in [2.05, 4.69) is 15.0 Å². The van der Waals surface area contributed by atoms with Crippen molar-refractivity contribution in [2.24, 2.45) is 0 Å². The molecule has 7 nitrogen and oxygen atoms in total. The molecular weight excluding hydrogens is 294 g/mol. The Balaban J connectivity index is 3.01. The molecule has 0 saturated carbocycles. The summed E-state index contributed by atoms with van der Waals surface area (Å²) in [6.07, 6.45) is 1.08. The number of nitrogens with one attached hydrogen (secondary N) is 2. The molecule has 0 fully saturated rings. The van der Waals surface area contributed by atoms with Gasteiger partial charge in [-0.1, -0.05) is 0 Å². The van der Waals surface area contributed by atoms with Crippen LogP contribution >= 0.6 is 0 Å². The van der Waals surface area contributed by atoms with Crippen LogP contribution in [0.25, 0.3) is 0 Å². The molecule has 8 heteroatoms. The lowest BCUT2D eigenvalue weighted by Crippen LogP contribution is -2.48. The second-order valence-electron chi connectivity index (χ2n) is 5.72. The molecule has 0 atom stereocenters. The fourth-order valence-electron chi connectivity index (χ4n) is 2.08. The van der Waals surface area contributed by atoms with Crippen molar-refractivity contribution >= 4 is 21.8 Å². The number of pyridine rings is 1. The van der Waals surface area contributed by atoms with Crippen molar-refractivity contribution in [1.82, 2.24) is 9.71 Å². The summed E-state index contributed by atoms with van der Waals surface area (Å²) in [5, 5.41) is 12.2. The van der Waals surface area contributed by atoms with Gasteiger partial charge in [0.15, 0.2) is 0 Å². The predicted octanol–water partition coefficient (Wildman–Crippen LogP) is 1.14. The average molecular weight is 315 g/mol. The van der Waals surface area contributed by atoms with E-state index in [9.17, 15) is 18.3 Å². The maximum atomic E-state index is 11.3. The highest BCUT2D eigenvalue weighted by molar-refractivity contribution is 7.88. The van der Waals surface area contributed by atoms with Crippen LogP contribution in [0.3, 0.4) is 0 Å². The number of rotatable bonds is 6. The van der Waals surface area contributed by atoms with Crippen molar-refractivity contribution in [2.45, 2.75) is 33.2 Å². The SMILES string of the molecule is Cc1cc(C)c(C(=O)O)c(NCC(C)(C)NS(C)(=O)=O)n1. The fourth-order valence-corrected chi connectivity index (χ4v) is 3.15. The first-order chi connectivity index (χ1) is 9.41. The second-order valence-corrected chi connectivity index (χ2v) is 7.47. The molecule has 0 unspecified atom stereocenters. The van der Waals surface area contributed by atoms with Crippen molar-refractivity contribution in [3.63, 3.8) is 0 Å². The summed E-state index contributed by atoms with van der Waals surface area (Å²) in [5.41, 5.74) is 0.610. The highest BCUT2D eigenvalue weighted by Gasteiger charge is 2.23. The number of aromatic nitrogens is 1. The lowest BCUT2D eigenvalue weighted by molar-refractivity contribution is 0.0696. The van der Waals surface area contributed by atoms with Gasteiger partial charge in [-0.25, -0.2) is 22.9 Å². The summed E-state index contributed by atoms with van der Waals surface area (Å²) < 4.78 is 25.1. The molecule has 118 valence electrons. The van der Waals surface area contributed by atoms with E-state index < -0.39 is 21.5 Å². The van der Waals surface area contributed by atoms with Gasteiger partial charge in [0.05, 0.1) is 6.26 Å². The Morgan fingerprint density at radius 2 is 1.95 bits per heavy atom. The normalized spacial score (nSPS) is 12.2. The molecule has 0 aliphatic rings. The zero-order valence-corrected chi connectivity index (χ0v) is 13.6. The maximum Gasteiger partial charge on any atom is 0.339 e. The Labute approximate surface area is 124 Å². The largest absolute Gasteiger partial charge is 0.478 e. The molecule has 1 aromatic rings. The van der Waals surface area contributed by atoms with Crippen molar-refractivity contribution in [3.8, 4) is 0 Å². The first-order valence-corrected chi connectivity index (χ1v) is 8.25. The third-order valence-corrected chi connectivity index (χ3v) is 3.64. The van der Waals surface area contributed by atoms with Crippen LogP contribution in [0.2, 0.25) is 0 Å². The number of hydrogen-bond donors (Lipinski definition) is 3. The quantitative estimate of drug-likeness (QED) is 0.726. The molecular formula is C13H21N3O4S. The number of hydrogen-bond acceptors (Lipinski definition) is 5. The van der Waals surface area contributed by atoms with Crippen LogP contribution in [-0.4, -0.2) is 42.8 Å². The van der Waals surface area contributed by atoms with Gasteiger partial charge in [-0.05, 0) is 39.3 Å². The predicted molar refractivity (Wildman–Crippen MR) is 81.2 cm³/mol. The number of carbonyl (C=O) groups is 1. The molecule has 3 N–H and O–H groups in total. The van der Waals surface area contributed by atoms with Gasteiger partial charge in [0.2, 0.25) is 10.0 Å². The molecule has 0 bridgehead atoms. The van der Waals surface area contributed by atoms with E-state index in [1.54, 1.807) is 33.8 Å². The van der Waals surface area contributed by atoms with Crippen LogP contribution in [0.4, 0.5) is 5.82 Å². The van der Waals surface area contributed by atoms with Crippen LogP contribution in [0, 0.1) is 13.8 Å². The summed E-state index contributed by atoms with van der Waals surface area (Å²) in [5.74, 6) is -0.834. The van der Waals surface area contributed by atoms with Crippen LogP contribution in [0.1, 0.15) is 35.5 Å². The number of nitrogens with zero attached hydrogens (tertiary/aromatic N) is 1. The monoisotopic (exact) mass is 315 g/mol. The molecule has 0 spiro atoms. The second kappa shape index (κ2) is 5.98. The Morgan fingerprint density at radius 1 is 1.38 bits per heavy atom. The van der Waals surface area contributed by atoms with Crippen LogP contribution in [-0.2, 0) is 10.0 Å². The van der Waals surface area contributed by atoms with E-state index in [1.807, 2.05) is 0 Å². The van der Waals surface area contributed by atoms with E-state index in [1.165, 1.54) is 0 Å². The first kappa shape index (κ1) is 17.4. The minimum Gasteiger partial charge on any atom is -0.478 e. The number of anilines is 1. The van der Waals surface area contributed by atoms with Gasteiger partial charge < -0.3 is 10.4 Å². The van der Waals surface area contributed by atoms with Crippen LogP contribution < -0.4 is 10.0 Å². The van der Waals surface area contributed by atoms with Gasteiger partial charge in [-0.2, -0.15) is 0 Å². The summed E-state index contributed by atoms with van der Waals surface area (Å²) >= 11 is 0. The number of carboxylic acid groups (broad SMARTS) is 1. The van der Waals surface area contributed by atoms with Crippen molar-refractivity contribution in [1.29, 1.82) is 0 Å². The lowest BCUT2D eigenvalue weighted by atomic mass is 10.1. The van der Waals surface area contributed by atoms with Crippen molar-refractivity contribution in [2.75, 3.05) is 18.1 Å². The molecule has 0 saturated heterocycles. The summed E-state index contributed by atoms with van der Waals surface area (Å²) in [6, 6.07) is 1.69. The third kappa shape index (κ3) is 5.31. The van der Waals surface area contributed by atoms with Gasteiger partial charge in [0.1, 0.15) is 11.4 Å². The molecule has 0 aliphatic carbocycles. The minimum atomic E-state index is -3.36. The van der Waals surface area contributed by atoms with E-state index in [-0.39, 0.29) is 17.9 Å². The zero-order valence-electron chi connectivity index (χ0n) is 12.8. The van der Waals surface area contributed by atoms with Crippen LogP contribution in [0.15, 0.2) is 6.07 Å². The summed E-state index contributed by atoms with van der Waals surface area (Å²) in [4.78, 5) is 15.5. The Bertz CT molecular complexity index is 654. The highest BCUT2D eigenvalue weighted by atomic mass is 32.2. The maximum absolute atomic E-state index is 11.3. The van der Waals surface area contributed by atoms with Gasteiger partial charge in [0.25, 0.3) is 0 Å². The van der Waals surface area contributed by atoms with E-state index in [0.29, 0.717) is 11.3 Å². The average Bonchev–Trinajstić information content (AvgIpc) is 2.21. The molecule has 0 aliphatic heterocycles. The Kier molecular flexibility index (Phi) is 4.95. The van der Waals surface area contributed by atoms with Crippen molar-refractivity contribution < 1.29 is 18.3 Å². The van der Waals surface area contributed by atoms with Crippen molar-refractivity contribution in [3.05, 3.63) is 22.9 Å². The molecule has 0 amide bonds. The summed E-state index contributed by atoms with van der Waals surface area (Å²) in [7, 11) is -3.36. The van der Waals surface area contributed by atoms with Crippen LogP contribution in [0.5, 0.6) is 0 Å². The number of sulfonamides is 1. The topological polar surface area (TPSA) is 108 Å². The highest BCUT2D eigenvalue weighted by Crippen LogP contribution is 2.19. The smallest absolute Gasteiger partial charge is 0.339 e. The fraction of sp³-hybridized carbons (Fsp3) is 0.538. The van der Waals surface area contributed by atoms with E-state index in [4.69, 9.17) is 0 Å². The molecule has 0 aromatic carbocycles. The molecule has 21 heavy (non-hydrogen) atoms. The first-order valence-electron chi connectivity index (χ1n) is 6.36. The Morgan fingerprint density at radius 3 is 2.43 bits per heavy atom. The summed E-state index contributed by atoms with van der Waals surface area (Å²) in [6.45, 7) is 7.07. The lowest BCUT2D eigenvalue weighted by Gasteiger charge is -2.26. The third-order valence-electron chi connectivity index (χ3n) is 2.72. The van der Waals surface area contributed by atoms with Gasteiger partial charge in [-0.15, -0.1) is 0 Å². The van der Waals surface area contributed by atoms with Gasteiger partial charge in [-0.3, -0.25) is 0 Å². The molecule has 1 aromatic heterocycles. The molecule has 1 rings (SSSR count). The zero-order chi connectivity index (χ0) is 16.4. The Hall–Kier alpha value is -1.67. The van der Waals surface area contributed by atoms with Gasteiger partial charge in [0, 0.05) is 17.8 Å². The molecule has 0 radical (unpaired) electrons. The van der Waals surface area contributed by atoms with E-state index >= 15 is 0 Å². The van der Waals surface area contributed by atoms with E-state index in [0.717, 1.165) is 6.26 Å². The standard InChI is InChI=1S/C13H21N3O4S/c1-8-6-9(2)15-11(10(8)12(17)18)14-7-13(3,4)16-21(5,19)20/h6,16H,7H2,1-5H3,(H,14,15)(H,17,18). The number of aryl methyl sites for hydroxylation is 2. The van der Waals surface area contributed by atoms with Gasteiger partial charge >= 0.3 is 5.97 Å². The number of carboxylic acids is 1. The minimum absolute atomic E-state index is 0.0933.